The Bertz CT molecular complexity index is 339. The zero-order chi connectivity index (χ0) is 11.5. The maximum absolute atomic E-state index is 12.9. The Balaban J connectivity index is 2.69. The molecule has 0 aliphatic heterocycles. The molecule has 0 bridgehead atoms. The number of ether oxygens (including phenoxy) is 1. The van der Waals surface area contributed by atoms with Crippen LogP contribution in [0.15, 0.2) is 22.7 Å². The molecule has 4 heteroatoms. The molecular formula is C11H14BrFO2. The first-order valence-electron chi connectivity index (χ1n) is 4.63. The minimum atomic E-state index is -0.338. The summed E-state index contributed by atoms with van der Waals surface area (Å²) in [5.74, 6) is 0.117. The van der Waals surface area contributed by atoms with Crippen molar-refractivity contribution < 1.29 is 14.2 Å². The molecule has 0 saturated carbocycles. The van der Waals surface area contributed by atoms with Crippen LogP contribution in [0.3, 0.4) is 0 Å². The van der Waals surface area contributed by atoms with E-state index >= 15 is 0 Å². The van der Waals surface area contributed by atoms with E-state index in [1.165, 1.54) is 12.1 Å². The molecule has 0 fully saturated rings. The van der Waals surface area contributed by atoms with E-state index in [0.29, 0.717) is 16.8 Å². The average molecular weight is 277 g/mol. The fourth-order valence-electron chi connectivity index (χ4n) is 0.907. The van der Waals surface area contributed by atoms with Crippen molar-refractivity contribution in [2.45, 2.75) is 13.8 Å². The molecule has 84 valence electrons. The first kappa shape index (κ1) is 12.5. The standard InChI is InChI=1S/C11H14BrFO2/c1-11(2,6-14)7-15-10-5-8(13)3-4-9(10)12/h3-5,14H,6-7H2,1-2H3. The van der Waals surface area contributed by atoms with Crippen LogP contribution in [-0.2, 0) is 0 Å². The smallest absolute Gasteiger partial charge is 0.136 e. The van der Waals surface area contributed by atoms with Crippen molar-refractivity contribution in [3.8, 4) is 5.75 Å². The highest BCUT2D eigenvalue weighted by Gasteiger charge is 2.18. The topological polar surface area (TPSA) is 29.5 Å². The monoisotopic (exact) mass is 276 g/mol. The Morgan fingerprint density at radius 3 is 2.73 bits per heavy atom. The van der Waals surface area contributed by atoms with Gasteiger partial charge >= 0.3 is 0 Å². The summed E-state index contributed by atoms with van der Waals surface area (Å²) < 4.78 is 19.0. The predicted octanol–water partition coefficient (Wildman–Crippen LogP) is 2.99. The van der Waals surface area contributed by atoms with E-state index < -0.39 is 0 Å². The van der Waals surface area contributed by atoms with Gasteiger partial charge in [-0.05, 0) is 28.1 Å². The molecule has 2 nitrogen and oxygen atoms in total. The van der Waals surface area contributed by atoms with E-state index in [9.17, 15) is 4.39 Å². The van der Waals surface area contributed by atoms with Gasteiger partial charge in [-0.2, -0.15) is 0 Å². The van der Waals surface area contributed by atoms with E-state index in [1.807, 2.05) is 13.8 Å². The van der Waals surface area contributed by atoms with E-state index in [4.69, 9.17) is 9.84 Å². The molecule has 0 radical (unpaired) electrons. The molecule has 1 aromatic rings. The Morgan fingerprint density at radius 2 is 2.13 bits per heavy atom. The van der Waals surface area contributed by atoms with Crippen molar-refractivity contribution in [1.29, 1.82) is 0 Å². The van der Waals surface area contributed by atoms with Gasteiger partial charge in [0, 0.05) is 11.5 Å². The number of aliphatic hydroxyl groups is 1. The Kier molecular flexibility index (Phi) is 4.11. The van der Waals surface area contributed by atoms with Crippen LogP contribution in [0.1, 0.15) is 13.8 Å². The van der Waals surface area contributed by atoms with E-state index in [-0.39, 0.29) is 17.8 Å². The molecule has 0 saturated heterocycles. The third-order valence-corrected chi connectivity index (χ3v) is 2.59. The highest BCUT2D eigenvalue weighted by Crippen LogP contribution is 2.27. The highest BCUT2D eigenvalue weighted by molar-refractivity contribution is 9.10. The molecule has 0 aliphatic rings. The molecule has 0 aromatic heterocycles. The third kappa shape index (κ3) is 3.80. The number of benzene rings is 1. The minimum absolute atomic E-state index is 0.0277. The summed E-state index contributed by atoms with van der Waals surface area (Å²) in [7, 11) is 0. The summed E-state index contributed by atoms with van der Waals surface area (Å²) in [4.78, 5) is 0. The maximum Gasteiger partial charge on any atom is 0.136 e. The van der Waals surface area contributed by atoms with Gasteiger partial charge in [-0.1, -0.05) is 13.8 Å². The molecule has 0 unspecified atom stereocenters. The van der Waals surface area contributed by atoms with Crippen LogP contribution in [0, 0.1) is 11.2 Å². The summed E-state index contributed by atoms with van der Waals surface area (Å²) in [6.45, 7) is 4.12. The second-order valence-corrected chi connectivity index (χ2v) is 5.04. The van der Waals surface area contributed by atoms with Crippen LogP contribution in [0.2, 0.25) is 0 Å². The minimum Gasteiger partial charge on any atom is -0.492 e. The normalized spacial score (nSPS) is 11.5. The van der Waals surface area contributed by atoms with Crippen LogP contribution in [0.25, 0.3) is 0 Å². The third-order valence-electron chi connectivity index (χ3n) is 1.94. The second-order valence-electron chi connectivity index (χ2n) is 4.19. The highest BCUT2D eigenvalue weighted by atomic mass is 79.9. The summed E-state index contributed by atoms with van der Waals surface area (Å²) in [6.07, 6.45) is 0. The van der Waals surface area contributed by atoms with Gasteiger partial charge in [0.05, 0.1) is 17.7 Å². The van der Waals surface area contributed by atoms with Crippen LogP contribution in [0.4, 0.5) is 4.39 Å². The van der Waals surface area contributed by atoms with Crippen LogP contribution in [0.5, 0.6) is 5.75 Å². The zero-order valence-corrected chi connectivity index (χ0v) is 10.3. The zero-order valence-electron chi connectivity index (χ0n) is 8.76. The number of rotatable bonds is 4. The van der Waals surface area contributed by atoms with Crippen LogP contribution >= 0.6 is 15.9 Å². The number of halogens is 2. The van der Waals surface area contributed by atoms with Gasteiger partial charge in [0.2, 0.25) is 0 Å². The van der Waals surface area contributed by atoms with Gasteiger partial charge in [0.1, 0.15) is 11.6 Å². The number of hydrogen-bond acceptors (Lipinski definition) is 2. The van der Waals surface area contributed by atoms with Gasteiger partial charge in [-0.3, -0.25) is 0 Å². The molecule has 0 heterocycles. The van der Waals surface area contributed by atoms with Gasteiger partial charge in [-0.15, -0.1) is 0 Å². The lowest BCUT2D eigenvalue weighted by Gasteiger charge is -2.22. The summed E-state index contributed by atoms with van der Waals surface area (Å²) in [5.41, 5.74) is -0.328. The lowest BCUT2D eigenvalue weighted by Crippen LogP contribution is -2.25. The average Bonchev–Trinajstić information content (AvgIpc) is 2.20. The molecule has 1 aromatic carbocycles. The summed E-state index contributed by atoms with van der Waals surface area (Å²) >= 11 is 3.27. The molecule has 0 amide bonds. The first-order valence-corrected chi connectivity index (χ1v) is 5.43. The Labute approximate surface area is 97.2 Å². The largest absolute Gasteiger partial charge is 0.492 e. The van der Waals surface area contributed by atoms with Crippen LogP contribution in [-0.4, -0.2) is 18.3 Å². The van der Waals surface area contributed by atoms with Crippen LogP contribution < -0.4 is 4.74 Å². The van der Waals surface area contributed by atoms with Crippen molar-refractivity contribution in [1.82, 2.24) is 0 Å². The Hall–Kier alpha value is -0.610. The lowest BCUT2D eigenvalue weighted by atomic mass is 9.97. The van der Waals surface area contributed by atoms with Crippen molar-refractivity contribution in [3.63, 3.8) is 0 Å². The second kappa shape index (κ2) is 4.94. The molecule has 0 spiro atoms. The fraction of sp³-hybridized carbons (Fsp3) is 0.455. The quantitative estimate of drug-likeness (QED) is 0.916. The van der Waals surface area contributed by atoms with E-state index in [1.54, 1.807) is 6.07 Å². The molecule has 1 rings (SSSR count). The molecule has 15 heavy (non-hydrogen) atoms. The predicted molar refractivity (Wildman–Crippen MR) is 60.5 cm³/mol. The van der Waals surface area contributed by atoms with Gasteiger partial charge in [0.25, 0.3) is 0 Å². The van der Waals surface area contributed by atoms with Crippen molar-refractivity contribution in [2.75, 3.05) is 13.2 Å². The van der Waals surface area contributed by atoms with Crippen molar-refractivity contribution in [3.05, 3.63) is 28.5 Å². The van der Waals surface area contributed by atoms with Gasteiger partial charge < -0.3 is 9.84 Å². The van der Waals surface area contributed by atoms with Gasteiger partial charge in [-0.25, -0.2) is 4.39 Å². The van der Waals surface area contributed by atoms with Gasteiger partial charge in [0.15, 0.2) is 0 Å². The molecule has 0 aliphatic carbocycles. The summed E-state index contributed by atoms with van der Waals surface area (Å²) in [5, 5.41) is 9.03. The number of hydrogen-bond donors (Lipinski definition) is 1. The Morgan fingerprint density at radius 1 is 1.47 bits per heavy atom. The van der Waals surface area contributed by atoms with E-state index in [0.717, 1.165) is 0 Å². The molecular weight excluding hydrogens is 263 g/mol. The van der Waals surface area contributed by atoms with Crippen molar-refractivity contribution >= 4 is 15.9 Å². The maximum atomic E-state index is 12.9. The first-order chi connectivity index (χ1) is 6.94. The SMILES string of the molecule is CC(C)(CO)COc1cc(F)ccc1Br. The fourth-order valence-corrected chi connectivity index (χ4v) is 1.27. The van der Waals surface area contributed by atoms with E-state index in [2.05, 4.69) is 15.9 Å². The lowest BCUT2D eigenvalue weighted by molar-refractivity contribution is 0.0970. The molecule has 1 N–H and O–H groups in total. The van der Waals surface area contributed by atoms with Crippen molar-refractivity contribution in [2.24, 2.45) is 5.41 Å². The molecule has 0 atom stereocenters. The number of aliphatic hydroxyl groups excluding tert-OH is 1. The summed E-state index contributed by atoms with van der Waals surface area (Å²) in [6, 6.07) is 4.27.